The summed E-state index contributed by atoms with van der Waals surface area (Å²) >= 11 is 0. The summed E-state index contributed by atoms with van der Waals surface area (Å²) in [5, 5.41) is 17.0. The van der Waals surface area contributed by atoms with Gasteiger partial charge in [-0.05, 0) is 23.8 Å². The first kappa shape index (κ1) is 9.59. The molecule has 1 rings (SSSR count). The smallest absolute Gasteiger partial charge is 0.130 e. The highest BCUT2D eigenvalue weighted by Crippen LogP contribution is 2.07. The summed E-state index contributed by atoms with van der Waals surface area (Å²) in [4.78, 5) is 0. The summed E-state index contributed by atoms with van der Waals surface area (Å²) < 4.78 is 0. The van der Waals surface area contributed by atoms with Gasteiger partial charge in [-0.1, -0.05) is 18.1 Å². The van der Waals surface area contributed by atoms with E-state index in [2.05, 4.69) is 5.92 Å². The summed E-state index contributed by atoms with van der Waals surface area (Å²) in [6, 6.07) is 10.6. The van der Waals surface area contributed by atoms with Crippen LogP contribution in [0.3, 0.4) is 0 Å². The van der Waals surface area contributed by atoms with Crippen molar-refractivity contribution in [3.63, 3.8) is 0 Å². The minimum Gasteiger partial charge on any atom is -0.192 e. The van der Waals surface area contributed by atoms with Gasteiger partial charge in [0.05, 0.1) is 0 Å². The molecule has 0 unspecified atom stereocenters. The van der Waals surface area contributed by atoms with Crippen LogP contribution in [0, 0.1) is 35.0 Å². The Balaban J connectivity index is 3.03. The van der Waals surface area contributed by atoms with Crippen LogP contribution >= 0.6 is 0 Å². The topological polar surface area (TPSA) is 47.6 Å². The highest BCUT2D eigenvalue weighted by molar-refractivity contribution is 5.62. The van der Waals surface area contributed by atoms with Crippen LogP contribution in [0.4, 0.5) is 0 Å². The molecule has 0 saturated carbocycles. The predicted octanol–water partition coefficient (Wildman–Crippen LogP) is 2.10. The van der Waals surface area contributed by atoms with E-state index in [0.29, 0.717) is 0 Å². The molecule has 0 saturated heterocycles. The third kappa shape index (κ3) is 2.24. The molecule has 0 radical (unpaired) electrons. The molecule has 14 heavy (non-hydrogen) atoms. The van der Waals surface area contributed by atoms with E-state index in [0.717, 1.165) is 11.1 Å². The molecule has 0 atom stereocenters. The van der Waals surface area contributed by atoms with Gasteiger partial charge >= 0.3 is 0 Å². The highest BCUT2D eigenvalue weighted by atomic mass is 14.3. The maximum Gasteiger partial charge on any atom is 0.130 e. The van der Waals surface area contributed by atoms with E-state index < -0.39 is 0 Å². The number of terminal acetylenes is 1. The van der Waals surface area contributed by atoms with Crippen LogP contribution in [0.25, 0.3) is 6.08 Å². The molecule has 0 aliphatic heterocycles. The van der Waals surface area contributed by atoms with E-state index in [9.17, 15) is 0 Å². The van der Waals surface area contributed by atoms with E-state index in [1.54, 1.807) is 36.4 Å². The molecule has 64 valence electrons. The molecule has 0 amide bonds. The van der Waals surface area contributed by atoms with Crippen molar-refractivity contribution in [3.05, 3.63) is 41.0 Å². The van der Waals surface area contributed by atoms with Gasteiger partial charge in [0, 0.05) is 5.56 Å². The van der Waals surface area contributed by atoms with Crippen LogP contribution in [-0.2, 0) is 0 Å². The molecule has 0 aromatic heterocycles. The summed E-state index contributed by atoms with van der Waals surface area (Å²) in [6.45, 7) is 0. The SMILES string of the molecule is C#Cc1ccc(C=C(C#N)C#N)cc1. The number of rotatable bonds is 1. The quantitative estimate of drug-likeness (QED) is 0.488. The third-order valence-corrected chi connectivity index (χ3v) is 1.63. The minimum atomic E-state index is 0.0819. The van der Waals surface area contributed by atoms with Crippen LogP contribution in [0.5, 0.6) is 0 Å². The molecule has 0 spiro atoms. The summed E-state index contributed by atoms with van der Waals surface area (Å²) in [7, 11) is 0. The standard InChI is InChI=1S/C12H6N2/c1-2-10-3-5-11(6-4-10)7-12(8-13)9-14/h1,3-7H. The van der Waals surface area contributed by atoms with Gasteiger partial charge in [0.25, 0.3) is 0 Å². The van der Waals surface area contributed by atoms with Crippen molar-refractivity contribution in [3.8, 4) is 24.5 Å². The van der Waals surface area contributed by atoms with Gasteiger partial charge in [-0.15, -0.1) is 6.42 Å². The maximum atomic E-state index is 8.51. The average molecular weight is 178 g/mol. The van der Waals surface area contributed by atoms with Crippen LogP contribution in [0.1, 0.15) is 11.1 Å². The number of nitrogens with zero attached hydrogens (tertiary/aromatic N) is 2. The van der Waals surface area contributed by atoms with E-state index in [4.69, 9.17) is 16.9 Å². The Morgan fingerprint density at radius 1 is 1.14 bits per heavy atom. The zero-order valence-electron chi connectivity index (χ0n) is 7.36. The molecule has 1 aromatic rings. The lowest BCUT2D eigenvalue weighted by molar-refractivity contribution is 1.47. The fourth-order valence-corrected chi connectivity index (χ4v) is 0.932. The van der Waals surface area contributed by atoms with Gasteiger partial charge in [0.15, 0.2) is 0 Å². The molecule has 0 aliphatic rings. The number of benzene rings is 1. The monoisotopic (exact) mass is 178 g/mol. The van der Waals surface area contributed by atoms with Crippen molar-refractivity contribution < 1.29 is 0 Å². The number of hydrogen-bond acceptors (Lipinski definition) is 2. The van der Waals surface area contributed by atoms with Crippen molar-refractivity contribution in [2.45, 2.75) is 0 Å². The van der Waals surface area contributed by atoms with Gasteiger partial charge in [-0.3, -0.25) is 0 Å². The summed E-state index contributed by atoms with van der Waals surface area (Å²) in [5.74, 6) is 2.48. The first-order valence-corrected chi connectivity index (χ1v) is 3.88. The number of hydrogen-bond donors (Lipinski definition) is 0. The van der Waals surface area contributed by atoms with Crippen LogP contribution in [0.15, 0.2) is 29.8 Å². The van der Waals surface area contributed by atoms with E-state index in [1.165, 1.54) is 6.08 Å². The average Bonchev–Trinajstić information content (AvgIpc) is 2.26. The largest absolute Gasteiger partial charge is 0.192 e. The van der Waals surface area contributed by atoms with Crippen molar-refractivity contribution in [1.29, 1.82) is 10.5 Å². The first-order chi connectivity index (χ1) is 6.80. The molecule has 1 aromatic carbocycles. The second-order valence-corrected chi connectivity index (χ2v) is 2.55. The first-order valence-electron chi connectivity index (χ1n) is 3.88. The van der Waals surface area contributed by atoms with Gasteiger partial charge in [0.1, 0.15) is 17.7 Å². The van der Waals surface area contributed by atoms with Crippen LogP contribution in [0.2, 0.25) is 0 Å². The van der Waals surface area contributed by atoms with Crippen molar-refractivity contribution in [2.24, 2.45) is 0 Å². The van der Waals surface area contributed by atoms with Crippen LogP contribution in [-0.4, -0.2) is 0 Å². The highest BCUT2D eigenvalue weighted by Gasteiger charge is 1.93. The third-order valence-electron chi connectivity index (χ3n) is 1.63. The van der Waals surface area contributed by atoms with Gasteiger partial charge < -0.3 is 0 Å². The van der Waals surface area contributed by atoms with Crippen molar-refractivity contribution >= 4 is 6.08 Å². The lowest BCUT2D eigenvalue weighted by Crippen LogP contribution is -1.77. The lowest BCUT2D eigenvalue weighted by Gasteiger charge is -1.93. The Kier molecular flexibility index (Phi) is 3.09. The Morgan fingerprint density at radius 3 is 2.14 bits per heavy atom. The lowest BCUT2D eigenvalue weighted by atomic mass is 10.1. The molecular formula is C12H6N2. The van der Waals surface area contributed by atoms with Gasteiger partial charge in [-0.2, -0.15) is 10.5 Å². The molecule has 0 aliphatic carbocycles. The predicted molar refractivity (Wildman–Crippen MR) is 53.6 cm³/mol. The number of allylic oxidation sites excluding steroid dienone is 1. The summed E-state index contributed by atoms with van der Waals surface area (Å²) in [6.07, 6.45) is 6.70. The van der Waals surface area contributed by atoms with Gasteiger partial charge in [0.2, 0.25) is 0 Å². The molecule has 0 fully saturated rings. The molecule has 0 heterocycles. The fraction of sp³-hybridized carbons (Fsp3) is 0. The number of nitriles is 2. The van der Waals surface area contributed by atoms with Gasteiger partial charge in [-0.25, -0.2) is 0 Å². The molecule has 2 heteroatoms. The van der Waals surface area contributed by atoms with E-state index >= 15 is 0 Å². The van der Waals surface area contributed by atoms with E-state index in [1.807, 2.05) is 0 Å². The Labute approximate surface area is 82.7 Å². The Morgan fingerprint density at radius 2 is 1.71 bits per heavy atom. The normalized spacial score (nSPS) is 7.79. The Bertz CT molecular complexity index is 457. The second-order valence-electron chi connectivity index (χ2n) is 2.55. The van der Waals surface area contributed by atoms with Crippen LogP contribution < -0.4 is 0 Å². The maximum absolute atomic E-state index is 8.51. The molecular weight excluding hydrogens is 172 g/mol. The van der Waals surface area contributed by atoms with Crippen molar-refractivity contribution in [1.82, 2.24) is 0 Å². The zero-order chi connectivity index (χ0) is 10.4. The molecule has 2 nitrogen and oxygen atoms in total. The fourth-order valence-electron chi connectivity index (χ4n) is 0.932. The minimum absolute atomic E-state index is 0.0819. The second kappa shape index (κ2) is 4.51. The summed E-state index contributed by atoms with van der Waals surface area (Å²) in [5.41, 5.74) is 1.65. The zero-order valence-corrected chi connectivity index (χ0v) is 7.36. The van der Waals surface area contributed by atoms with Crippen molar-refractivity contribution in [2.75, 3.05) is 0 Å². The van der Waals surface area contributed by atoms with E-state index in [-0.39, 0.29) is 5.57 Å². The Hall–Kier alpha value is -2.50. The molecule has 0 bridgehead atoms. The molecule has 0 N–H and O–H groups in total.